The summed E-state index contributed by atoms with van der Waals surface area (Å²) in [5.41, 5.74) is -0.106. The number of ether oxygens (including phenoxy) is 1. The van der Waals surface area contributed by atoms with E-state index in [0.29, 0.717) is 32.6 Å². The second-order valence-electron chi connectivity index (χ2n) is 6.85. The van der Waals surface area contributed by atoms with E-state index in [2.05, 4.69) is 10.1 Å². The van der Waals surface area contributed by atoms with Gasteiger partial charge in [0, 0.05) is 23.1 Å². The van der Waals surface area contributed by atoms with Gasteiger partial charge in [-0.15, -0.1) is 0 Å². The number of aliphatic hydroxyl groups excluding tert-OH is 1. The van der Waals surface area contributed by atoms with E-state index in [4.69, 9.17) is 37.6 Å². The fourth-order valence-electron chi connectivity index (χ4n) is 3.12. The molecule has 3 aromatic rings. The zero-order valence-electron chi connectivity index (χ0n) is 15.3. The number of alkyl halides is 3. The molecule has 1 fully saturated rings. The van der Waals surface area contributed by atoms with Crippen LogP contribution in [0.2, 0.25) is 10.0 Å². The molecule has 1 aliphatic rings. The van der Waals surface area contributed by atoms with Gasteiger partial charge in [-0.25, -0.2) is 4.98 Å². The highest BCUT2D eigenvalue weighted by atomic mass is 35.5. The van der Waals surface area contributed by atoms with Crippen LogP contribution in [0.5, 0.6) is 5.88 Å². The second-order valence-corrected chi connectivity index (χ2v) is 7.66. The summed E-state index contributed by atoms with van der Waals surface area (Å²) in [5.74, 6) is 0.532. The van der Waals surface area contributed by atoms with Crippen molar-refractivity contribution in [1.82, 2.24) is 10.1 Å². The number of benzene rings is 1. The predicted octanol–water partition coefficient (Wildman–Crippen LogP) is 6.01. The number of rotatable bonds is 6. The van der Waals surface area contributed by atoms with Crippen LogP contribution in [-0.4, -0.2) is 15.2 Å². The Morgan fingerprint density at radius 1 is 1.13 bits per heavy atom. The van der Waals surface area contributed by atoms with Crippen molar-refractivity contribution in [2.45, 2.75) is 38.1 Å². The maximum atomic E-state index is 13.2. The van der Waals surface area contributed by atoms with Gasteiger partial charge in [0.2, 0.25) is 5.88 Å². The molecule has 0 saturated heterocycles. The van der Waals surface area contributed by atoms with Gasteiger partial charge in [0.25, 0.3) is 0 Å². The number of aliphatic hydroxyl groups is 1. The molecule has 0 radical (unpaired) electrons. The summed E-state index contributed by atoms with van der Waals surface area (Å²) < 4.78 is 50.7. The SMILES string of the molecule is OCc1ccc(OCc2c(-c3c(Cl)cccc3Cl)noc2C2CC2)nc1C(F)(F)F. The molecule has 2 heterocycles. The van der Waals surface area contributed by atoms with Crippen molar-refractivity contribution in [3.8, 4) is 17.1 Å². The monoisotopic (exact) mass is 458 g/mol. The molecule has 4 rings (SSSR count). The summed E-state index contributed by atoms with van der Waals surface area (Å²) >= 11 is 12.6. The van der Waals surface area contributed by atoms with Crippen molar-refractivity contribution in [3.05, 3.63) is 63.0 Å². The van der Waals surface area contributed by atoms with E-state index < -0.39 is 18.5 Å². The predicted molar refractivity (Wildman–Crippen MR) is 103 cm³/mol. The Balaban J connectivity index is 1.68. The zero-order valence-corrected chi connectivity index (χ0v) is 16.9. The van der Waals surface area contributed by atoms with Crippen molar-refractivity contribution in [1.29, 1.82) is 0 Å². The molecule has 0 amide bonds. The highest BCUT2D eigenvalue weighted by Gasteiger charge is 2.36. The average Bonchev–Trinajstić information content (AvgIpc) is 3.46. The molecule has 30 heavy (non-hydrogen) atoms. The zero-order chi connectivity index (χ0) is 21.5. The minimum absolute atomic E-state index is 0.130. The van der Waals surface area contributed by atoms with Gasteiger partial charge in [-0.3, -0.25) is 0 Å². The maximum absolute atomic E-state index is 13.2. The quantitative estimate of drug-likeness (QED) is 0.489. The first kappa shape index (κ1) is 21.0. The Morgan fingerprint density at radius 3 is 2.43 bits per heavy atom. The van der Waals surface area contributed by atoms with E-state index >= 15 is 0 Å². The smallest absolute Gasteiger partial charge is 0.433 e. The molecule has 1 N–H and O–H groups in total. The van der Waals surface area contributed by atoms with Crippen LogP contribution in [0.1, 0.15) is 41.3 Å². The van der Waals surface area contributed by atoms with E-state index in [-0.39, 0.29) is 24.0 Å². The lowest BCUT2D eigenvalue weighted by molar-refractivity contribution is -0.142. The lowest BCUT2D eigenvalue weighted by Gasteiger charge is -2.13. The van der Waals surface area contributed by atoms with E-state index in [1.165, 1.54) is 6.07 Å². The summed E-state index contributed by atoms with van der Waals surface area (Å²) in [4.78, 5) is 3.53. The molecule has 1 saturated carbocycles. The summed E-state index contributed by atoms with van der Waals surface area (Å²) in [6, 6.07) is 7.41. The molecule has 0 aliphatic heterocycles. The number of hydrogen-bond acceptors (Lipinski definition) is 5. The molecular formula is C20H15Cl2F3N2O3. The Morgan fingerprint density at radius 2 is 1.83 bits per heavy atom. The first-order chi connectivity index (χ1) is 14.3. The highest BCUT2D eigenvalue weighted by Crippen LogP contribution is 2.46. The largest absolute Gasteiger partial charge is 0.473 e. The molecule has 1 aromatic carbocycles. The van der Waals surface area contributed by atoms with Crippen LogP contribution in [-0.2, 0) is 19.4 Å². The Labute approximate surface area is 179 Å². The molecular weight excluding hydrogens is 444 g/mol. The summed E-state index contributed by atoms with van der Waals surface area (Å²) in [5, 5.41) is 14.0. The molecule has 10 heteroatoms. The second kappa shape index (κ2) is 8.09. The third-order valence-electron chi connectivity index (χ3n) is 4.72. The first-order valence-corrected chi connectivity index (χ1v) is 9.78. The third-order valence-corrected chi connectivity index (χ3v) is 5.35. The van der Waals surface area contributed by atoms with Crippen molar-refractivity contribution in [2.24, 2.45) is 0 Å². The maximum Gasteiger partial charge on any atom is 0.433 e. The van der Waals surface area contributed by atoms with Gasteiger partial charge >= 0.3 is 6.18 Å². The summed E-state index contributed by atoms with van der Waals surface area (Å²) in [6.45, 7) is -0.913. The molecule has 0 bridgehead atoms. The van der Waals surface area contributed by atoms with Gasteiger partial charge in [0.15, 0.2) is 5.69 Å². The van der Waals surface area contributed by atoms with Crippen LogP contribution in [0.4, 0.5) is 13.2 Å². The van der Waals surface area contributed by atoms with Crippen molar-refractivity contribution < 1.29 is 27.5 Å². The summed E-state index contributed by atoms with van der Waals surface area (Å²) in [7, 11) is 0. The van der Waals surface area contributed by atoms with Crippen molar-refractivity contribution in [2.75, 3.05) is 0 Å². The van der Waals surface area contributed by atoms with Gasteiger partial charge < -0.3 is 14.4 Å². The Bertz CT molecular complexity index is 1060. The van der Waals surface area contributed by atoms with Gasteiger partial charge in [-0.2, -0.15) is 13.2 Å². The normalized spacial score (nSPS) is 14.2. The highest BCUT2D eigenvalue weighted by molar-refractivity contribution is 6.39. The van der Waals surface area contributed by atoms with Gasteiger partial charge in [0.1, 0.15) is 18.1 Å². The van der Waals surface area contributed by atoms with E-state index in [9.17, 15) is 13.2 Å². The molecule has 0 unspecified atom stereocenters. The van der Waals surface area contributed by atoms with Crippen LogP contribution in [0, 0.1) is 0 Å². The molecule has 0 spiro atoms. The fraction of sp³-hybridized carbons (Fsp3) is 0.300. The van der Waals surface area contributed by atoms with Crippen LogP contribution in [0.3, 0.4) is 0 Å². The minimum atomic E-state index is -4.72. The Kier molecular flexibility index (Phi) is 5.65. The van der Waals surface area contributed by atoms with Crippen molar-refractivity contribution in [3.63, 3.8) is 0 Å². The van der Waals surface area contributed by atoms with Crippen LogP contribution in [0.15, 0.2) is 34.9 Å². The molecule has 0 atom stereocenters. The average molecular weight is 459 g/mol. The summed E-state index contributed by atoms with van der Waals surface area (Å²) in [6.07, 6.45) is -2.89. The number of aromatic nitrogens is 2. The third kappa shape index (κ3) is 4.12. The minimum Gasteiger partial charge on any atom is -0.473 e. The van der Waals surface area contributed by atoms with Gasteiger partial charge in [0.05, 0.1) is 22.2 Å². The Hall–Kier alpha value is -2.29. The molecule has 1 aliphatic carbocycles. The lowest BCUT2D eigenvalue weighted by atomic mass is 10.0. The standard InChI is InChI=1S/C20H15Cl2F3N2O3/c21-13-2-1-3-14(22)16(13)17-12(18(30-27-17)10-4-5-10)9-29-15-7-6-11(8-28)19(26-15)20(23,24)25/h1-3,6-7,10,28H,4-5,8-9H2. The first-order valence-electron chi connectivity index (χ1n) is 9.03. The fourth-order valence-corrected chi connectivity index (χ4v) is 3.69. The number of halogens is 5. The van der Waals surface area contributed by atoms with Gasteiger partial charge in [-0.1, -0.05) is 34.4 Å². The van der Waals surface area contributed by atoms with E-state index in [1.807, 2.05) is 0 Å². The number of nitrogens with zero attached hydrogens (tertiary/aromatic N) is 2. The van der Waals surface area contributed by atoms with E-state index in [1.54, 1.807) is 18.2 Å². The van der Waals surface area contributed by atoms with Crippen LogP contribution >= 0.6 is 23.2 Å². The van der Waals surface area contributed by atoms with Gasteiger partial charge in [-0.05, 0) is 31.0 Å². The van der Waals surface area contributed by atoms with Crippen LogP contribution < -0.4 is 4.74 Å². The topological polar surface area (TPSA) is 68.4 Å². The molecule has 2 aromatic heterocycles. The molecule has 5 nitrogen and oxygen atoms in total. The lowest BCUT2D eigenvalue weighted by Crippen LogP contribution is -2.13. The molecule has 158 valence electrons. The number of hydrogen-bond donors (Lipinski definition) is 1. The van der Waals surface area contributed by atoms with Crippen molar-refractivity contribution >= 4 is 23.2 Å². The van der Waals surface area contributed by atoms with Crippen LogP contribution in [0.25, 0.3) is 11.3 Å². The number of pyridine rings is 1. The van der Waals surface area contributed by atoms with E-state index in [0.717, 1.165) is 18.9 Å².